The summed E-state index contributed by atoms with van der Waals surface area (Å²) in [7, 11) is 0. The van der Waals surface area contributed by atoms with Crippen molar-refractivity contribution in [2.24, 2.45) is 17.1 Å². The molecule has 3 N–H and O–H groups in total. The number of aliphatic hydroxyl groups excluding tert-OH is 1. The summed E-state index contributed by atoms with van der Waals surface area (Å²) in [5.74, 6) is 0.393. The van der Waals surface area contributed by atoms with Crippen molar-refractivity contribution < 1.29 is 9.90 Å². The lowest BCUT2D eigenvalue weighted by Gasteiger charge is -2.41. The van der Waals surface area contributed by atoms with E-state index in [4.69, 9.17) is 5.73 Å². The van der Waals surface area contributed by atoms with Crippen LogP contribution in [0.5, 0.6) is 0 Å². The number of carbonyl (C=O) groups excluding carboxylic acids is 1. The van der Waals surface area contributed by atoms with Crippen molar-refractivity contribution in [3.8, 4) is 6.07 Å². The number of nitriles is 1. The van der Waals surface area contributed by atoms with Gasteiger partial charge in [-0.1, -0.05) is 19.3 Å². The molecule has 3 aliphatic rings. The van der Waals surface area contributed by atoms with E-state index in [-0.39, 0.29) is 24.6 Å². The Kier molecular flexibility index (Phi) is 3.47. The van der Waals surface area contributed by atoms with Gasteiger partial charge in [-0.05, 0) is 31.6 Å². The molecular formula is C15H23N3O2. The van der Waals surface area contributed by atoms with Gasteiger partial charge in [0.2, 0.25) is 5.91 Å². The Balaban J connectivity index is 1.77. The molecule has 3 fully saturated rings. The molecule has 1 aliphatic heterocycles. The zero-order valence-corrected chi connectivity index (χ0v) is 11.8. The molecule has 1 saturated heterocycles. The maximum atomic E-state index is 12.8. The van der Waals surface area contributed by atoms with Crippen molar-refractivity contribution in [2.75, 3.05) is 6.61 Å². The van der Waals surface area contributed by atoms with E-state index in [1.54, 1.807) is 4.90 Å². The molecule has 3 rings (SSSR count). The predicted octanol–water partition coefficient (Wildman–Crippen LogP) is 0.769. The minimum Gasteiger partial charge on any atom is -0.396 e. The van der Waals surface area contributed by atoms with Crippen LogP contribution in [0.25, 0.3) is 0 Å². The second-order valence-electron chi connectivity index (χ2n) is 6.75. The quantitative estimate of drug-likeness (QED) is 0.797. The van der Waals surface area contributed by atoms with E-state index >= 15 is 0 Å². The van der Waals surface area contributed by atoms with Crippen LogP contribution in [0.4, 0.5) is 0 Å². The van der Waals surface area contributed by atoms with Crippen molar-refractivity contribution in [1.29, 1.82) is 5.26 Å². The van der Waals surface area contributed by atoms with Crippen LogP contribution in [0.1, 0.15) is 44.9 Å². The molecule has 0 bridgehead atoms. The van der Waals surface area contributed by atoms with Gasteiger partial charge in [0, 0.05) is 11.5 Å². The summed E-state index contributed by atoms with van der Waals surface area (Å²) in [6, 6.07) is 1.49. The van der Waals surface area contributed by atoms with Crippen molar-refractivity contribution in [2.45, 2.75) is 63.1 Å². The van der Waals surface area contributed by atoms with Gasteiger partial charge >= 0.3 is 0 Å². The third-order valence-corrected chi connectivity index (χ3v) is 5.60. The van der Waals surface area contributed by atoms with Gasteiger partial charge in [0.05, 0.1) is 18.7 Å². The largest absolute Gasteiger partial charge is 0.396 e. The van der Waals surface area contributed by atoms with Crippen LogP contribution >= 0.6 is 0 Å². The minimum atomic E-state index is -0.664. The molecule has 2 unspecified atom stereocenters. The van der Waals surface area contributed by atoms with E-state index in [1.807, 2.05) is 0 Å². The molecule has 4 atom stereocenters. The normalized spacial score (nSPS) is 36.0. The van der Waals surface area contributed by atoms with Crippen LogP contribution in [-0.2, 0) is 4.79 Å². The number of amides is 1. The highest BCUT2D eigenvalue weighted by atomic mass is 16.3. The lowest BCUT2D eigenvalue weighted by molar-refractivity contribution is -0.138. The van der Waals surface area contributed by atoms with Gasteiger partial charge in [-0.2, -0.15) is 5.26 Å². The Hall–Kier alpha value is -1.12. The van der Waals surface area contributed by atoms with Crippen molar-refractivity contribution in [3.63, 3.8) is 0 Å². The lowest BCUT2D eigenvalue weighted by Crippen LogP contribution is -2.57. The highest BCUT2D eigenvalue weighted by Crippen LogP contribution is 2.49. The van der Waals surface area contributed by atoms with Crippen molar-refractivity contribution >= 4 is 5.91 Å². The third kappa shape index (κ3) is 2.02. The van der Waals surface area contributed by atoms with Gasteiger partial charge < -0.3 is 15.7 Å². The maximum absolute atomic E-state index is 12.8. The van der Waals surface area contributed by atoms with E-state index in [1.165, 1.54) is 0 Å². The first kappa shape index (κ1) is 13.8. The first-order valence-electron chi connectivity index (χ1n) is 7.71. The van der Waals surface area contributed by atoms with E-state index in [0.717, 1.165) is 44.9 Å². The predicted molar refractivity (Wildman–Crippen MR) is 73.3 cm³/mol. The molecule has 5 nitrogen and oxygen atoms in total. The molecule has 5 heteroatoms. The van der Waals surface area contributed by atoms with Crippen molar-refractivity contribution in [3.05, 3.63) is 0 Å². The summed E-state index contributed by atoms with van der Waals surface area (Å²) in [4.78, 5) is 14.5. The second kappa shape index (κ2) is 5.01. The summed E-state index contributed by atoms with van der Waals surface area (Å²) >= 11 is 0. The molecule has 1 amide bonds. The SMILES string of the molecule is N#C[C@@H]1CC2CC2N1C(=O)[C@@H](N)C1(CO)CCCCC1. The molecule has 20 heavy (non-hydrogen) atoms. The minimum absolute atomic E-state index is 0.0287. The van der Waals surface area contributed by atoms with Gasteiger partial charge in [-0.15, -0.1) is 0 Å². The molecule has 0 aromatic heterocycles. The third-order valence-electron chi connectivity index (χ3n) is 5.60. The van der Waals surface area contributed by atoms with Crippen LogP contribution in [-0.4, -0.2) is 40.6 Å². The van der Waals surface area contributed by atoms with Gasteiger partial charge in [0.1, 0.15) is 6.04 Å². The molecular weight excluding hydrogens is 254 g/mol. The fraction of sp³-hybridized carbons (Fsp3) is 0.867. The smallest absolute Gasteiger partial charge is 0.241 e. The molecule has 0 aromatic rings. The molecule has 1 heterocycles. The van der Waals surface area contributed by atoms with Gasteiger partial charge in [0.25, 0.3) is 0 Å². The van der Waals surface area contributed by atoms with Crippen molar-refractivity contribution in [1.82, 2.24) is 4.90 Å². The average molecular weight is 277 g/mol. The first-order chi connectivity index (χ1) is 9.63. The molecule has 2 saturated carbocycles. The molecule has 0 spiro atoms. The zero-order valence-electron chi connectivity index (χ0n) is 11.8. The number of carbonyl (C=O) groups is 1. The Labute approximate surface area is 119 Å². The highest BCUT2D eigenvalue weighted by Gasteiger charge is 2.56. The van der Waals surface area contributed by atoms with E-state index in [2.05, 4.69) is 6.07 Å². The van der Waals surface area contributed by atoms with Crippen LogP contribution in [0, 0.1) is 22.7 Å². The highest BCUT2D eigenvalue weighted by molar-refractivity contribution is 5.84. The summed E-state index contributed by atoms with van der Waals surface area (Å²) in [6.45, 7) is -0.0287. The van der Waals surface area contributed by atoms with Crippen LogP contribution in [0.15, 0.2) is 0 Å². The fourth-order valence-electron chi connectivity index (χ4n) is 4.13. The second-order valence-corrected chi connectivity index (χ2v) is 6.75. The monoisotopic (exact) mass is 277 g/mol. The molecule has 110 valence electrons. The van der Waals surface area contributed by atoms with Crippen LogP contribution in [0.3, 0.4) is 0 Å². The number of hydrogen-bond donors (Lipinski definition) is 2. The fourth-order valence-corrected chi connectivity index (χ4v) is 4.13. The number of piperidine rings is 1. The summed E-state index contributed by atoms with van der Waals surface area (Å²) in [5, 5.41) is 19.0. The van der Waals surface area contributed by atoms with Gasteiger partial charge in [0.15, 0.2) is 0 Å². The summed E-state index contributed by atoms with van der Waals surface area (Å²) in [5.41, 5.74) is 5.78. The zero-order chi connectivity index (χ0) is 14.3. The number of nitrogens with zero attached hydrogens (tertiary/aromatic N) is 2. The summed E-state index contributed by atoms with van der Waals surface area (Å²) in [6.07, 6.45) is 6.64. The first-order valence-corrected chi connectivity index (χ1v) is 7.71. The van der Waals surface area contributed by atoms with E-state index in [9.17, 15) is 15.2 Å². The Morgan fingerprint density at radius 2 is 2.10 bits per heavy atom. The number of fused-ring (bicyclic) bond motifs is 1. The number of hydrogen-bond acceptors (Lipinski definition) is 4. The topological polar surface area (TPSA) is 90.4 Å². The van der Waals surface area contributed by atoms with E-state index < -0.39 is 11.5 Å². The Bertz CT molecular complexity index is 439. The standard InChI is InChI=1S/C15H23N3O2/c16-8-11-6-10-7-12(10)18(11)14(20)13(17)15(9-19)4-2-1-3-5-15/h10-13,19H,1-7,9,17H2/t10?,11-,12?,13+/m0/s1. The Morgan fingerprint density at radius 3 is 2.70 bits per heavy atom. The van der Waals surface area contributed by atoms with Gasteiger partial charge in [-0.3, -0.25) is 4.79 Å². The van der Waals surface area contributed by atoms with E-state index in [0.29, 0.717) is 5.92 Å². The number of nitrogens with two attached hydrogens (primary N) is 1. The lowest BCUT2D eigenvalue weighted by atomic mass is 9.69. The molecule has 2 aliphatic carbocycles. The Morgan fingerprint density at radius 1 is 1.40 bits per heavy atom. The molecule has 0 aromatic carbocycles. The molecule has 0 radical (unpaired) electrons. The summed E-state index contributed by atoms with van der Waals surface area (Å²) < 4.78 is 0. The van der Waals surface area contributed by atoms with Crippen LogP contribution < -0.4 is 5.73 Å². The average Bonchev–Trinajstić information content (AvgIpc) is 3.17. The van der Waals surface area contributed by atoms with Gasteiger partial charge in [-0.25, -0.2) is 0 Å². The number of likely N-dealkylation sites (tertiary alicyclic amines) is 1. The maximum Gasteiger partial charge on any atom is 0.241 e. The number of rotatable bonds is 3. The number of aliphatic hydroxyl groups is 1. The van der Waals surface area contributed by atoms with Crippen LogP contribution in [0.2, 0.25) is 0 Å².